The second kappa shape index (κ2) is 5.08. The third-order valence-electron chi connectivity index (χ3n) is 3.94. The fourth-order valence-corrected chi connectivity index (χ4v) is 4.53. The first-order valence-corrected chi connectivity index (χ1v) is 8.42. The molecule has 0 N–H and O–H groups in total. The molecule has 0 aliphatic carbocycles. The lowest BCUT2D eigenvalue weighted by Gasteiger charge is -2.11. The summed E-state index contributed by atoms with van der Waals surface area (Å²) in [6.07, 6.45) is 0.973. The average molecular weight is 280 g/mol. The van der Waals surface area contributed by atoms with Crippen molar-refractivity contribution in [3.05, 3.63) is 34.4 Å². The highest BCUT2D eigenvalue weighted by molar-refractivity contribution is 7.91. The molecule has 0 aromatic heterocycles. The van der Waals surface area contributed by atoms with Crippen LogP contribution in [0.15, 0.2) is 12.1 Å². The zero-order valence-corrected chi connectivity index (χ0v) is 12.5. The highest BCUT2D eigenvalue weighted by Crippen LogP contribution is 2.25. The van der Waals surface area contributed by atoms with Gasteiger partial charge in [0, 0.05) is 12.0 Å². The molecule has 1 aliphatic heterocycles. The van der Waals surface area contributed by atoms with Crippen molar-refractivity contribution in [2.24, 2.45) is 5.92 Å². The number of sulfone groups is 1. The number of carbonyl (C=O) groups excluding carboxylic acids is 1. The number of aryl methyl sites for hydroxylation is 3. The van der Waals surface area contributed by atoms with E-state index in [2.05, 4.69) is 0 Å². The van der Waals surface area contributed by atoms with E-state index in [9.17, 15) is 13.2 Å². The zero-order chi connectivity index (χ0) is 14.2. The maximum atomic E-state index is 12.3. The number of benzene rings is 1. The van der Waals surface area contributed by atoms with E-state index in [-0.39, 0.29) is 23.2 Å². The second-order valence-corrected chi connectivity index (χ2v) is 7.88. The summed E-state index contributed by atoms with van der Waals surface area (Å²) in [7, 11) is -2.90. The summed E-state index contributed by atoms with van der Waals surface area (Å²) in [5, 5.41) is 0. The molecule has 1 saturated heterocycles. The van der Waals surface area contributed by atoms with Gasteiger partial charge < -0.3 is 0 Å². The van der Waals surface area contributed by atoms with Gasteiger partial charge in [-0.1, -0.05) is 6.07 Å². The Kier molecular flexibility index (Phi) is 3.81. The van der Waals surface area contributed by atoms with E-state index in [1.807, 2.05) is 32.9 Å². The lowest BCUT2D eigenvalue weighted by atomic mass is 9.93. The number of hydrogen-bond donors (Lipinski definition) is 0. The Bertz CT molecular complexity index is 615. The fraction of sp³-hybridized carbons (Fsp3) is 0.533. The highest BCUT2D eigenvalue weighted by Gasteiger charge is 2.29. The van der Waals surface area contributed by atoms with E-state index < -0.39 is 9.84 Å². The second-order valence-electron chi connectivity index (χ2n) is 5.65. The van der Waals surface area contributed by atoms with Crippen molar-refractivity contribution in [2.45, 2.75) is 33.6 Å². The first kappa shape index (κ1) is 14.3. The number of ketones is 1. The Morgan fingerprint density at radius 3 is 2.37 bits per heavy atom. The van der Waals surface area contributed by atoms with Crippen LogP contribution in [-0.4, -0.2) is 25.7 Å². The number of carbonyl (C=O) groups is 1. The Hall–Kier alpha value is -1.16. The minimum absolute atomic E-state index is 0.00138. The van der Waals surface area contributed by atoms with Crippen molar-refractivity contribution in [1.82, 2.24) is 0 Å². The van der Waals surface area contributed by atoms with Crippen molar-refractivity contribution < 1.29 is 13.2 Å². The van der Waals surface area contributed by atoms with Gasteiger partial charge in [0.15, 0.2) is 15.6 Å². The molecule has 1 aromatic carbocycles. The van der Waals surface area contributed by atoms with Crippen LogP contribution < -0.4 is 0 Å². The minimum Gasteiger partial charge on any atom is -0.294 e. The number of hydrogen-bond acceptors (Lipinski definition) is 3. The topological polar surface area (TPSA) is 51.2 Å². The van der Waals surface area contributed by atoms with Gasteiger partial charge in [-0.3, -0.25) is 4.79 Å². The van der Waals surface area contributed by atoms with Gasteiger partial charge in [0.2, 0.25) is 0 Å². The molecule has 1 fully saturated rings. The molecular weight excluding hydrogens is 260 g/mol. The summed E-state index contributed by atoms with van der Waals surface area (Å²) in [6.45, 7) is 5.96. The Morgan fingerprint density at radius 2 is 1.79 bits per heavy atom. The van der Waals surface area contributed by atoms with Crippen LogP contribution >= 0.6 is 0 Å². The van der Waals surface area contributed by atoms with Crippen molar-refractivity contribution in [1.29, 1.82) is 0 Å². The first-order chi connectivity index (χ1) is 8.78. The normalized spacial score (nSPS) is 21.5. The van der Waals surface area contributed by atoms with Crippen molar-refractivity contribution in [3.8, 4) is 0 Å². The van der Waals surface area contributed by atoms with E-state index in [4.69, 9.17) is 0 Å². The Morgan fingerprint density at radius 1 is 1.16 bits per heavy atom. The van der Waals surface area contributed by atoms with Gasteiger partial charge in [0.25, 0.3) is 0 Å². The smallest absolute Gasteiger partial charge is 0.163 e. The van der Waals surface area contributed by atoms with E-state index in [1.165, 1.54) is 5.56 Å². The molecular formula is C15H20O3S. The largest absolute Gasteiger partial charge is 0.294 e. The maximum Gasteiger partial charge on any atom is 0.163 e. The molecule has 1 unspecified atom stereocenters. The zero-order valence-electron chi connectivity index (χ0n) is 11.7. The molecule has 2 rings (SSSR count). The molecule has 3 nitrogen and oxygen atoms in total. The van der Waals surface area contributed by atoms with Crippen LogP contribution in [0.5, 0.6) is 0 Å². The number of rotatable bonds is 3. The van der Waals surface area contributed by atoms with E-state index in [0.717, 1.165) is 16.7 Å². The van der Waals surface area contributed by atoms with E-state index in [1.54, 1.807) is 0 Å². The maximum absolute atomic E-state index is 12.3. The van der Waals surface area contributed by atoms with Crippen molar-refractivity contribution in [2.75, 3.05) is 11.5 Å². The summed E-state index contributed by atoms with van der Waals surface area (Å²) >= 11 is 0. The van der Waals surface area contributed by atoms with Gasteiger partial charge in [-0.15, -0.1) is 0 Å². The van der Waals surface area contributed by atoms with E-state index >= 15 is 0 Å². The third kappa shape index (κ3) is 3.24. The van der Waals surface area contributed by atoms with Gasteiger partial charge in [0.05, 0.1) is 11.5 Å². The quantitative estimate of drug-likeness (QED) is 0.800. The fourth-order valence-electron chi connectivity index (χ4n) is 2.67. The standard InChI is InChI=1S/C15H20O3S/c1-10-6-12(3)14(7-11(10)2)15(16)8-13-4-5-19(17,18)9-13/h6-7,13H,4-5,8-9H2,1-3H3. The Balaban J connectivity index is 2.15. The van der Waals surface area contributed by atoms with Gasteiger partial charge in [0.1, 0.15) is 0 Å². The first-order valence-electron chi connectivity index (χ1n) is 6.60. The van der Waals surface area contributed by atoms with E-state index in [0.29, 0.717) is 12.8 Å². The summed E-state index contributed by atoms with van der Waals surface area (Å²) in [4.78, 5) is 12.3. The monoisotopic (exact) mass is 280 g/mol. The van der Waals surface area contributed by atoms with Gasteiger partial charge in [-0.25, -0.2) is 8.42 Å². The molecule has 1 aromatic rings. The lowest BCUT2D eigenvalue weighted by molar-refractivity contribution is 0.0965. The molecule has 0 amide bonds. The average Bonchev–Trinajstić information content (AvgIpc) is 2.63. The van der Waals surface area contributed by atoms with Crippen LogP contribution in [0.2, 0.25) is 0 Å². The van der Waals surface area contributed by atoms with Crippen molar-refractivity contribution >= 4 is 15.6 Å². The van der Waals surface area contributed by atoms with Crippen LogP contribution in [0.25, 0.3) is 0 Å². The summed E-state index contributed by atoms with van der Waals surface area (Å²) in [6, 6.07) is 3.95. The molecule has 1 aliphatic rings. The van der Waals surface area contributed by atoms with Crippen LogP contribution in [0, 0.1) is 26.7 Å². The Labute approximate surface area is 114 Å². The molecule has 1 heterocycles. The molecule has 0 spiro atoms. The molecule has 0 bridgehead atoms. The van der Waals surface area contributed by atoms with Gasteiger partial charge in [-0.05, 0) is 55.9 Å². The molecule has 104 valence electrons. The predicted molar refractivity (Wildman–Crippen MR) is 76.4 cm³/mol. The van der Waals surface area contributed by atoms with Crippen LogP contribution in [0.3, 0.4) is 0 Å². The highest BCUT2D eigenvalue weighted by atomic mass is 32.2. The number of Topliss-reactive ketones (excluding diaryl/α,β-unsaturated/α-hetero) is 1. The van der Waals surface area contributed by atoms with Crippen molar-refractivity contribution in [3.63, 3.8) is 0 Å². The molecule has 19 heavy (non-hydrogen) atoms. The molecule has 0 saturated carbocycles. The summed E-state index contributed by atoms with van der Waals surface area (Å²) in [5.41, 5.74) is 4.01. The van der Waals surface area contributed by atoms with Crippen LogP contribution in [0.4, 0.5) is 0 Å². The van der Waals surface area contributed by atoms with Gasteiger partial charge >= 0.3 is 0 Å². The summed E-state index contributed by atoms with van der Waals surface area (Å²) < 4.78 is 22.8. The summed E-state index contributed by atoms with van der Waals surface area (Å²) in [5.74, 6) is 0.473. The third-order valence-corrected chi connectivity index (χ3v) is 5.78. The molecule has 1 atom stereocenters. The van der Waals surface area contributed by atoms with Gasteiger partial charge in [-0.2, -0.15) is 0 Å². The SMILES string of the molecule is Cc1cc(C)c(C(=O)CC2CCS(=O)(=O)C2)cc1C. The predicted octanol–water partition coefficient (Wildman–Crippen LogP) is 2.62. The van der Waals surface area contributed by atoms with Crippen LogP contribution in [-0.2, 0) is 9.84 Å². The molecule has 0 radical (unpaired) electrons. The van der Waals surface area contributed by atoms with Crippen LogP contribution in [0.1, 0.15) is 39.9 Å². The lowest BCUT2D eigenvalue weighted by Crippen LogP contribution is -2.12. The molecule has 4 heteroatoms. The minimum atomic E-state index is -2.90.